The highest BCUT2D eigenvalue weighted by atomic mass is 79.9. The maximum atomic E-state index is 5.52. The van der Waals surface area contributed by atoms with Gasteiger partial charge in [0.1, 0.15) is 0 Å². The molecule has 1 N–H and O–H groups in total. The number of hydrogen-bond donors (Lipinski definition) is 1. The Kier molecular flexibility index (Phi) is 8.76. The molecule has 1 atom stereocenters. The molecule has 0 bridgehead atoms. The first-order valence-electron chi connectivity index (χ1n) is 6.46. The number of rotatable bonds is 9. The van der Waals surface area contributed by atoms with Gasteiger partial charge in [0.25, 0.3) is 0 Å². The van der Waals surface area contributed by atoms with Gasteiger partial charge in [-0.05, 0) is 48.0 Å². The first kappa shape index (κ1) is 16.0. The van der Waals surface area contributed by atoms with Crippen molar-refractivity contribution in [3.8, 4) is 0 Å². The molecule has 4 heteroatoms. The summed E-state index contributed by atoms with van der Waals surface area (Å²) in [4.78, 5) is 1.29. The Morgan fingerprint density at radius 1 is 1.33 bits per heavy atom. The van der Waals surface area contributed by atoms with Gasteiger partial charge in [-0.25, -0.2) is 0 Å². The van der Waals surface area contributed by atoms with Crippen molar-refractivity contribution in [2.24, 2.45) is 0 Å². The SMILES string of the molecule is CCCNC(COCC)CSc1ccccc1Br. The lowest BCUT2D eigenvalue weighted by Crippen LogP contribution is -2.36. The Labute approximate surface area is 123 Å². The van der Waals surface area contributed by atoms with E-state index in [1.165, 1.54) is 9.37 Å². The van der Waals surface area contributed by atoms with Crippen molar-refractivity contribution in [1.82, 2.24) is 5.32 Å². The maximum Gasteiger partial charge on any atom is 0.0627 e. The summed E-state index contributed by atoms with van der Waals surface area (Å²) in [5, 5.41) is 3.53. The zero-order valence-corrected chi connectivity index (χ0v) is 13.5. The van der Waals surface area contributed by atoms with Gasteiger partial charge in [-0.15, -0.1) is 11.8 Å². The second-order valence-electron chi connectivity index (χ2n) is 4.05. The van der Waals surface area contributed by atoms with Crippen LogP contribution in [-0.4, -0.2) is 31.6 Å². The zero-order chi connectivity index (χ0) is 13.2. The highest BCUT2D eigenvalue weighted by Crippen LogP contribution is 2.27. The number of hydrogen-bond acceptors (Lipinski definition) is 3. The lowest BCUT2D eigenvalue weighted by atomic mass is 10.3. The average molecular weight is 332 g/mol. The zero-order valence-electron chi connectivity index (χ0n) is 11.1. The number of ether oxygens (including phenoxy) is 1. The van der Waals surface area contributed by atoms with Gasteiger partial charge in [0.05, 0.1) is 6.61 Å². The van der Waals surface area contributed by atoms with Crippen LogP contribution in [0.2, 0.25) is 0 Å². The van der Waals surface area contributed by atoms with Crippen LogP contribution in [0.15, 0.2) is 33.6 Å². The normalized spacial score (nSPS) is 12.6. The van der Waals surface area contributed by atoms with Crippen LogP contribution < -0.4 is 5.32 Å². The fourth-order valence-electron chi connectivity index (χ4n) is 1.53. The van der Waals surface area contributed by atoms with E-state index in [1.807, 2.05) is 24.8 Å². The molecule has 102 valence electrons. The summed E-state index contributed by atoms with van der Waals surface area (Å²) in [5.41, 5.74) is 0. The molecule has 1 aromatic carbocycles. The van der Waals surface area contributed by atoms with Gasteiger partial charge in [-0.2, -0.15) is 0 Å². The van der Waals surface area contributed by atoms with E-state index < -0.39 is 0 Å². The molecule has 1 unspecified atom stereocenters. The topological polar surface area (TPSA) is 21.3 Å². The average Bonchev–Trinajstić information content (AvgIpc) is 2.39. The van der Waals surface area contributed by atoms with Crippen molar-refractivity contribution < 1.29 is 4.74 Å². The fraction of sp³-hybridized carbons (Fsp3) is 0.571. The van der Waals surface area contributed by atoms with Crippen molar-refractivity contribution in [3.05, 3.63) is 28.7 Å². The molecule has 18 heavy (non-hydrogen) atoms. The monoisotopic (exact) mass is 331 g/mol. The Hall–Kier alpha value is -0.0300. The fourth-order valence-corrected chi connectivity index (χ4v) is 3.13. The van der Waals surface area contributed by atoms with E-state index in [2.05, 4.69) is 46.4 Å². The first-order valence-corrected chi connectivity index (χ1v) is 8.24. The summed E-state index contributed by atoms with van der Waals surface area (Å²) >= 11 is 5.45. The van der Waals surface area contributed by atoms with Crippen LogP contribution in [0.3, 0.4) is 0 Å². The highest BCUT2D eigenvalue weighted by molar-refractivity contribution is 9.10. The van der Waals surface area contributed by atoms with Gasteiger partial charge in [0.2, 0.25) is 0 Å². The summed E-state index contributed by atoms with van der Waals surface area (Å²) in [6, 6.07) is 8.76. The lowest BCUT2D eigenvalue weighted by molar-refractivity contribution is 0.128. The van der Waals surface area contributed by atoms with Crippen LogP contribution in [0.1, 0.15) is 20.3 Å². The molecule has 0 saturated carbocycles. The summed E-state index contributed by atoms with van der Waals surface area (Å²) < 4.78 is 6.69. The molecule has 0 aromatic heterocycles. The van der Waals surface area contributed by atoms with Crippen molar-refractivity contribution in [2.45, 2.75) is 31.2 Å². The standard InChI is InChI=1S/C14H22BrNOS/c1-3-9-16-12(10-17-4-2)11-18-14-8-6-5-7-13(14)15/h5-8,12,16H,3-4,9-11H2,1-2H3. The molecule has 0 aliphatic heterocycles. The van der Waals surface area contributed by atoms with Crippen molar-refractivity contribution in [2.75, 3.05) is 25.5 Å². The van der Waals surface area contributed by atoms with E-state index in [4.69, 9.17) is 4.74 Å². The van der Waals surface area contributed by atoms with Crippen LogP contribution >= 0.6 is 27.7 Å². The number of halogens is 1. The largest absolute Gasteiger partial charge is 0.380 e. The minimum atomic E-state index is 0.419. The Morgan fingerprint density at radius 2 is 2.11 bits per heavy atom. The van der Waals surface area contributed by atoms with Crippen molar-refractivity contribution in [3.63, 3.8) is 0 Å². The third-order valence-electron chi connectivity index (χ3n) is 2.48. The van der Waals surface area contributed by atoms with Crippen LogP contribution in [0.5, 0.6) is 0 Å². The summed E-state index contributed by atoms with van der Waals surface area (Å²) in [6.07, 6.45) is 1.16. The van der Waals surface area contributed by atoms with E-state index in [-0.39, 0.29) is 0 Å². The summed E-state index contributed by atoms with van der Waals surface area (Å²) in [7, 11) is 0. The summed E-state index contributed by atoms with van der Waals surface area (Å²) in [5.74, 6) is 1.03. The van der Waals surface area contributed by atoms with Crippen LogP contribution in [0.25, 0.3) is 0 Å². The van der Waals surface area contributed by atoms with Crippen molar-refractivity contribution >= 4 is 27.7 Å². The van der Waals surface area contributed by atoms with Gasteiger partial charge in [0.15, 0.2) is 0 Å². The number of benzene rings is 1. The van der Waals surface area contributed by atoms with Crippen LogP contribution in [0.4, 0.5) is 0 Å². The molecule has 0 aliphatic carbocycles. The minimum absolute atomic E-state index is 0.419. The molecule has 0 saturated heterocycles. The third-order valence-corrected chi connectivity index (χ3v) is 4.67. The molecule has 0 aliphatic rings. The van der Waals surface area contributed by atoms with E-state index in [1.54, 1.807) is 0 Å². The molecule has 1 rings (SSSR count). The van der Waals surface area contributed by atoms with Crippen LogP contribution in [-0.2, 0) is 4.74 Å². The number of thioether (sulfide) groups is 1. The quantitative estimate of drug-likeness (QED) is 0.692. The van der Waals surface area contributed by atoms with Gasteiger partial charge < -0.3 is 10.1 Å². The molecule has 0 spiro atoms. The van der Waals surface area contributed by atoms with Gasteiger partial charge in [-0.3, -0.25) is 0 Å². The maximum absolute atomic E-state index is 5.52. The Balaban J connectivity index is 2.42. The van der Waals surface area contributed by atoms with E-state index in [0.717, 1.165) is 31.9 Å². The van der Waals surface area contributed by atoms with E-state index >= 15 is 0 Å². The van der Waals surface area contributed by atoms with E-state index in [9.17, 15) is 0 Å². The van der Waals surface area contributed by atoms with Gasteiger partial charge in [-0.1, -0.05) is 19.1 Å². The van der Waals surface area contributed by atoms with Gasteiger partial charge >= 0.3 is 0 Å². The lowest BCUT2D eigenvalue weighted by Gasteiger charge is -2.18. The summed E-state index contributed by atoms with van der Waals surface area (Å²) in [6.45, 7) is 6.84. The molecule has 0 fully saturated rings. The molecule has 2 nitrogen and oxygen atoms in total. The third kappa shape index (κ3) is 6.23. The predicted molar refractivity (Wildman–Crippen MR) is 83.4 cm³/mol. The van der Waals surface area contributed by atoms with Crippen LogP contribution in [0, 0.1) is 0 Å². The van der Waals surface area contributed by atoms with Gasteiger partial charge in [0, 0.05) is 27.8 Å². The smallest absolute Gasteiger partial charge is 0.0627 e. The highest BCUT2D eigenvalue weighted by Gasteiger charge is 2.09. The first-order chi connectivity index (χ1) is 8.77. The molecule has 1 aromatic rings. The minimum Gasteiger partial charge on any atom is -0.380 e. The Bertz CT molecular complexity index is 327. The van der Waals surface area contributed by atoms with E-state index in [0.29, 0.717) is 6.04 Å². The molecule has 0 radical (unpaired) electrons. The Morgan fingerprint density at radius 3 is 2.78 bits per heavy atom. The molecular weight excluding hydrogens is 310 g/mol. The second kappa shape index (κ2) is 9.84. The number of nitrogens with one attached hydrogen (secondary N) is 1. The molecular formula is C14H22BrNOS. The second-order valence-corrected chi connectivity index (χ2v) is 5.97. The predicted octanol–water partition coefficient (Wildman–Crippen LogP) is 3.95. The molecule has 0 heterocycles. The van der Waals surface area contributed by atoms with Crippen molar-refractivity contribution in [1.29, 1.82) is 0 Å². The molecule has 0 amide bonds.